The summed E-state index contributed by atoms with van der Waals surface area (Å²) in [7, 11) is 0. The van der Waals surface area contributed by atoms with Gasteiger partial charge in [0.05, 0.1) is 11.8 Å². The quantitative estimate of drug-likeness (QED) is 0.424. The number of hydrogen-bond donors (Lipinski definition) is 1. The van der Waals surface area contributed by atoms with Gasteiger partial charge in [0, 0.05) is 32.3 Å². The van der Waals surface area contributed by atoms with Gasteiger partial charge in [0.1, 0.15) is 17.4 Å². The van der Waals surface area contributed by atoms with Gasteiger partial charge in [-0.05, 0) is 54.8 Å². The topological polar surface area (TPSA) is 69.3 Å². The fourth-order valence-electron chi connectivity index (χ4n) is 4.47. The average Bonchev–Trinajstić information content (AvgIpc) is 3.57. The summed E-state index contributed by atoms with van der Waals surface area (Å²) in [5.74, 6) is -0.0316. The van der Waals surface area contributed by atoms with Crippen molar-refractivity contribution in [2.45, 2.75) is 31.6 Å². The molecule has 2 aliphatic rings. The fourth-order valence-corrected chi connectivity index (χ4v) is 4.47. The van der Waals surface area contributed by atoms with E-state index in [0.717, 1.165) is 18.4 Å². The van der Waals surface area contributed by atoms with Crippen LogP contribution in [0.25, 0.3) is 0 Å². The lowest BCUT2D eigenvalue weighted by atomic mass is 10.1. The van der Waals surface area contributed by atoms with Crippen molar-refractivity contribution in [2.24, 2.45) is 0 Å². The Morgan fingerprint density at radius 3 is 2.73 bits per heavy atom. The normalized spacial score (nSPS) is 17.1. The molecule has 1 N–H and O–H groups in total. The molecule has 0 aromatic heterocycles. The number of carbonyl (C=O) groups is 1. The van der Waals surface area contributed by atoms with Gasteiger partial charge in [0.15, 0.2) is 17.6 Å². The Balaban J connectivity index is 1.38. The van der Waals surface area contributed by atoms with Crippen molar-refractivity contribution in [3.05, 3.63) is 83.9 Å². The molecular formula is C28H28F2N2O5. The minimum atomic E-state index is -1.06. The van der Waals surface area contributed by atoms with Gasteiger partial charge in [-0.15, -0.1) is 0 Å². The third kappa shape index (κ3) is 6.55. The molecule has 2 atom stereocenters. The van der Waals surface area contributed by atoms with E-state index in [0.29, 0.717) is 31.2 Å². The zero-order chi connectivity index (χ0) is 25.6. The van der Waals surface area contributed by atoms with Crippen molar-refractivity contribution < 1.29 is 32.5 Å². The highest BCUT2D eigenvalue weighted by atomic mass is 19.1. The molecule has 0 unspecified atom stereocenters. The largest absolute Gasteiger partial charge is 0.479 e. The van der Waals surface area contributed by atoms with Gasteiger partial charge in [-0.3, -0.25) is 9.69 Å². The number of carbonyl (C=O) groups excluding carboxylic acids is 1. The summed E-state index contributed by atoms with van der Waals surface area (Å²) in [6.07, 6.45) is 0.837. The second kappa shape index (κ2) is 11.6. The standard InChI is InChI=1S/C28H28F2N2O5/c29-20-5-3-6-21(14-20)37-27(28(33)31-24-9-2-1-8-23(24)30)17-32(16-22-7-4-12-34-22)15-19-10-11-25-26(13-19)36-18-35-25/h1-3,5-6,8-11,13-14,22,27H,4,7,12,15-18H2,(H,31,33)/t22-,27+/m1/s1. The molecule has 5 rings (SSSR count). The highest BCUT2D eigenvalue weighted by Gasteiger charge is 2.28. The first-order valence-corrected chi connectivity index (χ1v) is 12.2. The first-order valence-electron chi connectivity index (χ1n) is 12.2. The van der Waals surface area contributed by atoms with E-state index in [2.05, 4.69) is 10.2 Å². The third-order valence-corrected chi connectivity index (χ3v) is 6.25. The lowest BCUT2D eigenvalue weighted by Gasteiger charge is -2.29. The van der Waals surface area contributed by atoms with Gasteiger partial charge in [0.25, 0.3) is 5.91 Å². The molecule has 37 heavy (non-hydrogen) atoms. The number of fused-ring (bicyclic) bond motifs is 1. The summed E-state index contributed by atoms with van der Waals surface area (Å²) in [6, 6.07) is 17.2. The summed E-state index contributed by atoms with van der Waals surface area (Å²) in [5, 5.41) is 2.61. The molecule has 0 bridgehead atoms. The average molecular weight is 511 g/mol. The molecule has 194 valence electrons. The second-order valence-corrected chi connectivity index (χ2v) is 9.05. The van der Waals surface area contributed by atoms with Crippen molar-refractivity contribution in [1.29, 1.82) is 0 Å². The fraction of sp³-hybridized carbons (Fsp3) is 0.321. The van der Waals surface area contributed by atoms with Gasteiger partial charge in [0.2, 0.25) is 6.79 Å². The minimum Gasteiger partial charge on any atom is -0.479 e. The van der Waals surface area contributed by atoms with Crippen LogP contribution in [0.1, 0.15) is 18.4 Å². The van der Waals surface area contributed by atoms with Crippen LogP contribution in [0, 0.1) is 11.6 Å². The zero-order valence-corrected chi connectivity index (χ0v) is 20.2. The van der Waals surface area contributed by atoms with Crippen LogP contribution >= 0.6 is 0 Å². The van der Waals surface area contributed by atoms with E-state index in [-0.39, 0.29) is 30.9 Å². The number of benzene rings is 3. The monoisotopic (exact) mass is 510 g/mol. The van der Waals surface area contributed by atoms with Crippen molar-refractivity contribution in [2.75, 3.05) is 31.8 Å². The van der Waals surface area contributed by atoms with E-state index in [1.165, 1.54) is 30.3 Å². The number of anilines is 1. The number of para-hydroxylation sites is 1. The summed E-state index contributed by atoms with van der Waals surface area (Å²) in [6.45, 7) is 2.07. The van der Waals surface area contributed by atoms with Crippen molar-refractivity contribution in [3.63, 3.8) is 0 Å². The Kier molecular flexibility index (Phi) is 7.82. The van der Waals surface area contributed by atoms with Crippen LogP contribution in [-0.4, -0.2) is 49.5 Å². The first-order chi connectivity index (χ1) is 18.0. The zero-order valence-electron chi connectivity index (χ0n) is 20.2. The Morgan fingerprint density at radius 1 is 1.05 bits per heavy atom. The van der Waals surface area contributed by atoms with E-state index < -0.39 is 23.6 Å². The molecule has 3 aromatic rings. The molecule has 0 radical (unpaired) electrons. The lowest BCUT2D eigenvalue weighted by Crippen LogP contribution is -2.45. The highest BCUT2D eigenvalue weighted by Crippen LogP contribution is 2.33. The molecule has 0 saturated carbocycles. The molecule has 3 aromatic carbocycles. The number of amides is 1. The van der Waals surface area contributed by atoms with Crippen molar-refractivity contribution in [1.82, 2.24) is 4.90 Å². The Morgan fingerprint density at radius 2 is 1.92 bits per heavy atom. The van der Waals surface area contributed by atoms with Crippen LogP contribution in [0.4, 0.5) is 14.5 Å². The Bertz CT molecular complexity index is 1230. The van der Waals surface area contributed by atoms with Crippen LogP contribution in [0.5, 0.6) is 17.2 Å². The molecule has 7 nitrogen and oxygen atoms in total. The number of nitrogens with one attached hydrogen (secondary N) is 1. The van der Waals surface area contributed by atoms with Crippen LogP contribution in [0.15, 0.2) is 66.7 Å². The van der Waals surface area contributed by atoms with Gasteiger partial charge >= 0.3 is 0 Å². The SMILES string of the molecule is O=C(Nc1ccccc1F)[C@H](CN(Cc1ccc2c(c1)OCO2)C[C@H]1CCCO1)Oc1cccc(F)c1. The maximum Gasteiger partial charge on any atom is 0.266 e. The van der Waals surface area contributed by atoms with Crippen LogP contribution in [0.2, 0.25) is 0 Å². The van der Waals surface area contributed by atoms with Crippen molar-refractivity contribution in [3.8, 4) is 17.2 Å². The molecule has 0 aliphatic carbocycles. The number of hydrogen-bond acceptors (Lipinski definition) is 6. The van der Waals surface area contributed by atoms with Gasteiger partial charge in [-0.1, -0.05) is 24.3 Å². The predicted molar refractivity (Wildman–Crippen MR) is 133 cm³/mol. The summed E-state index contributed by atoms with van der Waals surface area (Å²) in [5.41, 5.74) is 1.00. The third-order valence-electron chi connectivity index (χ3n) is 6.25. The number of halogens is 2. The number of rotatable bonds is 10. The molecule has 2 heterocycles. The van der Waals surface area contributed by atoms with E-state index in [1.54, 1.807) is 18.2 Å². The number of ether oxygens (including phenoxy) is 4. The molecular weight excluding hydrogens is 482 g/mol. The Labute approximate surface area is 213 Å². The lowest BCUT2D eigenvalue weighted by molar-refractivity contribution is -0.124. The maximum absolute atomic E-state index is 14.3. The van der Waals surface area contributed by atoms with E-state index in [9.17, 15) is 13.6 Å². The summed E-state index contributed by atoms with van der Waals surface area (Å²) < 4.78 is 50.9. The Hall–Kier alpha value is -3.69. The van der Waals surface area contributed by atoms with Gasteiger partial charge < -0.3 is 24.3 Å². The molecule has 0 spiro atoms. The van der Waals surface area contributed by atoms with Crippen LogP contribution in [-0.2, 0) is 16.1 Å². The van der Waals surface area contributed by atoms with Gasteiger partial charge in [-0.25, -0.2) is 8.78 Å². The first kappa shape index (κ1) is 25.0. The van der Waals surface area contributed by atoms with E-state index in [4.69, 9.17) is 18.9 Å². The molecule has 1 amide bonds. The number of nitrogens with zero attached hydrogens (tertiary/aromatic N) is 1. The highest BCUT2D eigenvalue weighted by molar-refractivity contribution is 5.94. The van der Waals surface area contributed by atoms with E-state index in [1.807, 2.05) is 18.2 Å². The second-order valence-electron chi connectivity index (χ2n) is 9.05. The van der Waals surface area contributed by atoms with Gasteiger partial charge in [-0.2, -0.15) is 0 Å². The predicted octanol–water partition coefficient (Wildman–Crippen LogP) is 4.76. The maximum atomic E-state index is 14.3. The smallest absolute Gasteiger partial charge is 0.266 e. The summed E-state index contributed by atoms with van der Waals surface area (Å²) >= 11 is 0. The summed E-state index contributed by atoms with van der Waals surface area (Å²) in [4.78, 5) is 15.4. The van der Waals surface area contributed by atoms with Crippen molar-refractivity contribution >= 4 is 11.6 Å². The van der Waals surface area contributed by atoms with E-state index >= 15 is 0 Å². The van der Waals surface area contributed by atoms with Crippen LogP contribution < -0.4 is 19.5 Å². The molecule has 2 aliphatic heterocycles. The minimum absolute atomic E-state index is 0.0125. The molecule has 1 fully saturated rings. The molecule has 1 saturated heterocycles. The molecule has 9 heteroatoms. The van der Waals surface area contributed by atoms with Crippen LogP contribution in [0.3, 0.4) is 0 Å².